The lowest BCUT2D eigenvalue weighted by Gasteiger charge is -2.29. The average molecular weight is 297 g/mol. The average Bonchev–Trinajstić information content (AvgIpc) is 2.41. The second kappa shape index (κ2) is 6.73. The van der Waals surface area contributed by atoms with Gasteiger partial charge in [-0.05, 0) is 49.7 Å². The molecule has 0 aliphatic carbocycles. The van der Waals surface area contributed by atoms with Gasteiger partial charge in [0.2, 0.25) is 0 Å². The van der Waals surface area contributed by atoms with E-state index in [9.17, 15) is 0 Å². The molecule has 0 bridgehead atoms. The van der Waals surface area contributed by atoms with Crippen LogP contribution >= 0.6 is 23.8 Å². The topological polar surface area (TPSA) is 53.6 Å². The van der Waals surface area contributed by atoms with E-state index in [1.807, 2.05) is 12.1 Å². The van der Waals surface area contributed by atoms with Gasteiger partial charge < -0.3 is 10.6 Å². The van der Waals surface area contributed by atoms with Crippen molar-refractivity contribution >= 4 is 40.8 Å². The van der Waals surface area contributed by atoms with Gasteiger partial charge >= 0.3 is 0 Å². The van der Waals surface area contributed by atoms with E-state index in [-0.39, 0.29) is 5.11 Å². The lowest BCUT2D eigenvalue weighted by atomic mass is 10.1. The van der Waals surface area contributed by atoms with Gasteiger partial charge in [-0.1, -0.05) is 11.6 Å². The predicted molar refractivity (Wildman–Crippen MR) is 85.0 cm³/mol. The standard InChI is InChI=1S/C13H17ClN4S/c14-12-8-11(18-6-2-1-3-7-18)5-4-10(12)9-16-17-13(15)19/h4-5,8-9H,1-3,6-7H2,(H3,15,17,19). The Balaban J connectivity index is 2.07. The first-order chi connectivity index (χ1) is 9.16. The molecule has 0 atom stereocenters. The molecule has 0 saturated carbocycles. The maximum absolute atomic E-state index is 6.25. The van der Waals surface area contributed by atoms with Crippen LogP contribution in [0.3, 0.4) is 0 Å². The number of rotatable bonds is 3. The highest BCUT2D eigenvalue weighted by atomic mass is 35.5. The summed E-state index contributed by atoms with van der Waals surface area (Å²) in [4.78, 5) is 2.36. The molecule has 1 aromatic carbocycles. The first kappa shape index (κ1) is 14.1. The molecule has 3 N–H and O–H groups in total. The Hall–Kier alpha value is -1.33. The van der Waals surface area contributed by atoms with Crippen LogP contribution in [0.15, 0.2) is 23.3 Å². The van der Waals surface area contributed by atoms with Crippen molar-refractivity contribution in [2.75, 3.05) is 18.0 Å². The third kappa shape index (κ3) is 4.08. The fraction of sp³-hybridized carbons (Fsp3) is 0.385. The third-order valence-corrected chi connectivity index (χ3v) is 3.50. The maximum Gasteiger partial charge on any atom is 0.184 e. The molecule has 1 aromatic rings. The Morgan fingerprint density at radius 1 is 1.37 bits per heavy atom. The summed E-state index contributed by atoms with van der Waals surface area (Å²) in [7, 11) is 0. The fourth-order valence-electron chi connectivity index (χ4n) is 2.13. The zero-order chi connectivity index (χ0) is 13.7. The lowest BCUT2D eigenvalue weighted by molar-refractivity contribution is 0.578. The molecule has 19 heavy (non-hydrogen) atoms. The molecule has 1 aliphatic heterocycles. The number of hydrogen-bond acceptors (Lipinski definition) is 3. The van der Waals surface area contributed by atoms with E-state index < -0.39 is 0 Å². The van der Waals surface area contributed by atoms with Gasteiger partial charge in [0.05, 0.1) is 11.2 Å². The Kier molecular flexibility index (Phi) is 4.99. The maximum atomic E-state index is 6.25. The van der Waals surface area contributed by atoms with Crippen LogP contribution in [-0.2, 0) is 0 Å². The molecular weight excluding hydrogens is 280 g/mol. The summed E-state index contributed by atoms with van der Waals surface area (Å²) in [5.74, 6) is 0. The van der Waals surface area contributed by atoms with Gasteiger partial charge in [0.15, 0.2) is 5.11 Å². The number of nitrogens with two attached hydrogens (primary N) is 1. The number of hydrogen-bond donors (Lipinski definition) is 2. The number of nitrogens with zero attached hydrogens (tertiary/aromatic N) is 2. The van der Waals surface area contributed by atoms with Crippen LogP contribution in [0.1, 0.15) is 24.8 Å². The van der Waals surface area contributed by atoms with Crippen LogP contribution in [0.5, 0.6) is 0 Å². The molecule has 102 valence electrons. The monoisotopic (exact) mass is 296 g/mol. The van der Waals surface area contributed by atoms with Crippen LogP contribution in [0.25, 0.3) is 0 Å². The van der Waals surface area contributed by atoms with E-state index in [0.29, 0.717) is 5.02 Å². The Bertz CT molecular complexity index is 484. The van der Waals surface area contributed by atoms with E-state index in [0.717, 1.165) is 18.7 Å². The molecule has 0 aromatic heterocycles. The molecule has 6 heteroatoms. The summed E-state index contributed by atoms with van der Waals surface area (Å²) in [6, 6.07) is 6.01. The largest absolute Gasteiger partial charge is 0.375 e. The number of hydrazone groups is 1. The molecule has 0 radical (unpaired) electrons. The van der Waals surface area contributed by atoms with Gasteiger partial charge in [0.25, 0.3) is 0 Å². The van der Waals surface area contributed by atoms with Gasteiger partial charge in [-0.3, -0.25) is 5.43 Å². The van der Waals surface area contributed by atoms with E-state index in [4.69, 9.17) is 17.3 Å². The Morgan fingerprint density at radius 2 is 2.11 bits per heavy atom. The normalized spacial score (nSPS) is 15.7. The summed E-state index contributed by atoms with van der Waals surface area (Å²) < 4.78 is 0. The SMILES string of the molecule is NC(=S)NN=Cc1ccc(N2CCCCC2)cc1Cl. The number of halogens is 1. The Morgan fingerprint density at radius 3 is 2.74 bits per heavy atom. The van der Waals surface area contributed by atoms with Crippen LogP contribution in [-0.4, -0.2) is 24.4 Å². The number of nitrogens with one attached hydrogen (secondary N) is 1. The second-order valence-electron chi connectivity index (χ2n) is 4.49. The Labute approximate surface area is 123 Å². The molecule has 0 spiro atoms. The van der Waals surface area contributed by atoms with Crippen molar-refractivity contribution in [2.24, 2.45) is 10.8 Å². The van der Waals surface area contributed by atoms with Crippen molar-refractivity contribution in [3.63, 3.8) is 0 Å². The molecule has 1 heterocycles. The molecule has 1 fully saturated rings. The minimum Gasteiger partial charge on any atom is -0.375 e. The number of piperidine rings is 1. The highest BCUT2D eigenvalue weighted by molar-refractivity contribution is 7.80. The molecule has 4 nitrogen and oxygen atoms in total. The van der Waals surface area contributed by atoms with Gasteiger partial charge in [-0.15, -0.1) is 0 Å². The predicted octanol–water partition coefficient (Wildman–Crippen LogP) is 2.50. The number of benzene rings is 1. The quantitative estimate of drug-likeness (QED) is 0.511. The molecular formula is C13H17ClN4S. The van der Waals surface area contributed by atoms with Gasteiger partial charge in [0, 0.05) is 24.3 Å². The van der Waals surface area contributed by atoms with Crippen LogP contribution < -0.4 is 16.1 Å². The summed E-state index contributed by atoms with van der Waals surface area (Å²) in [5.41, 5.74) is 9.80. The van der Waals surface area contributed by atoms with Crippen molar-refractivity contribution in [3.8, 4) is 0 Å². The first-order valence-electron chi connectivity index (χ1n) is 6.30. The molecule has 1 aliphatic rings. The van der Waals surface area contributed by atoms with E-state index in [1.165, 1.54) is 24.9 Å². The number of anilines is 1. The van der Waals surface area contributed by atoms with E-state index >= 15 is 0 Å². The molecule has 0 amide bonds. The van der Waals surface area contributed by atoms with Crippen molar-refractivity contribution in [1.29, 1.82) is 0 Å². The van der Waals surface area contributed by atoms with Crippen molar-refractivity contribution < 1.29 is 0 Å². The summed E-state index contributed by atoms with van der Waals surface area (Å²) in [6.07, 6.45) is 5.43. The molecule has 2 rings (SSSR count). The van der Waals surface area contributed by atoms with Crippen LogP contribution in [0, 0.1) is 0 Å². The molecule has 1 saturated heterocycles. The third-order valence-electron chi connectivity index (χ3n) is 3.08. The summed E-state index contributed by atoms with van der Waals surface area (Å²) in [6.45, 7) is 2.21. The van der Waals surface area contributed by atoms with Gasteiger partial charge in [0.1, 0.15) is 0 Å². The highest BCUT2D eigenvalue weighted by Crippen LogP contribution is 2.25. The number of thiocarbonyl (C=S) groups is 1. The van der Waals surface area contributed by atoms with Gasteiger partial charge in [-0.25, -0.2) is 0 Å². The highest BCUT2D eigenvalue weighted by Gasteiger charge is 2.11. The fourth-order valence-corrected chi connectivity index (χ4v) is 2.41. The zero-order valence-corrected chi connectivity index (χ0v) is 12.2. The van der Waals surface area contributed by atoms with Crippen molar-refractivity contribution in [1.82, 2.24) is 5.43 Å². The zero-order valence-electron chi connectivity index (χ0n) is 10.6. The first-order valence-corrected chi connectivity index (χ1v) is 7.08. The van der Waals surface area contributed by atoms with Gasteiger partial charge in [-0.2, -0.15) is 5.10 Å². The smallest absolute Gasteiger partial charge is 0.184 e. The molecule has 0 unspecified atom stereocenters. The minimum absolute atomic E-state index is 0.136. The van der Waals surface area contributed by atoms with E-state index in [2.05, 4.69) is 33.7 Å². The minimum atomic E-state index is 0.136. The second-order valence-corrected chi connectivity index (χ2v) is 5.33. The van der Waals surface area contributed by atoms with E-state index in [1.54, 1.807) is 6.21 Å². The van der Waals surface area contributed by atoms with Crippen LogP contribution in [0.4, 0.5) is 5.69 Å². The van der Waals surface area contributed by atoms with Crippen molar-refractivity contribution in [2.45, 2.75) is 19.3 Å². The summed E-state index contributed by atoms with van der Waals surface area (Å²) in [5, 5.41) is 4.72. The lowest BCUT2D eigenvalue weighted by Crippen LogP contribution is -2.29. The summed E-state index contributed by atoms with van der Waals surface area (Å²) >= 11 is 10.9. The van der Waals surface area contributed by atoms with Crippen molar-refractivity contribution in [3.05, 3.63) is 28.8 Å². The van der Waals surface area contributed by atoms with Crippen LogP contribution in [0.2, 0.25) is 5.02 Å².